The van der Waals surface area contributed by atoms with Crippen molar-refractivity contribution < 1.29 is 27.5 Å². The molecule has 1 aliphatic heterocycles. The maximum Gasteiger partial charge on any atom is 0.416 e. The lowest BCUT2D eigenvalue weighted by atomic mass is 9.86. The van der Waals surface area contributed by atoms with E-state index in [0.717, 1.165) is 25.3 Å². The van der Waals surface area contributed by atoms with Gasteiger partial charge in [0.2, 0.25) is 5.91 Å². The number of methoxy groups -OCH3 is 1. The van der Waals surface area contributed by atoms with Crippen LogP contribution in [0.4, 0.5) is 13.2 Å². The minimum absolute atomic E-state index is 0.105. The minimum atomic E-state index is -4.76. The molecule has 0 radical (unpaired) electrons. The van der Waals surface area contributed by atoms with Crippen molar-refractivity contribution in [2.45, 2.75) is 50.0 Å². The van der Waals surface area contributed by atoms with E-state index in [1.54, 1.807) is 30.3 Å². The van der Waals surface area contributed by atoms with Gasteiger partial charge in [-0.3, -0.25) is 19.5 Å². The predicted molar refractivity (Wildman–Crippen MR) is 120 cm³/mol. The number of primary amides is 1. The number of ether oxygens (including phenoxy) is 1. The van der Waals surface area contributed by atoms with Crippen molar-refractivity contribution in [2.75, 3.05) is 7.11 Å². The van der Waals surface area contributed by atoms with E-state index < -0.39 is 35.3 Å². The number of nitrogens with two attached hydrogens (primary N) is 1. The maximum atomic E-state index is 13.8. The zero-order chi connectivity index (χ0) is 25.4. The van der Waals surface area contributed by atoms with Crippen LogP contribution >= 0.6 is 0 Å². The van der Waals surface area contributed by atoms with E-state index in [1.807, 2.05) is 0 Å². The standard InChI is InChI=1S/C25H23F3N4O3/c1-35-19-7-5-16(6-8-19)20-23(34)32(24(31-20)9-3-2-4-10-24)21(22(30)33)17-11-15(14-29)12-18(13-17)25(26,27)28/h5-8,11-13,21H,2-4,9-10H2,1H3,(H2,30,33). The molecule has 1 aliphatic carbocycles. The van der Waals surface area contributed by atoms with Crippen LogP contribution in [0.1, 0.15) is 60.4 Å². The van der Waals surface area contributed by atoms with Gasteiger partial charge in [0.05, 0.1) is 24.3 Å². The summed E-state index contributed by atoms with van der Waals surface area (Å²) >= 11 is 0. The molecule has 1 spiro atoms. The molecule has 1 atom stereocenters. The van der Waals surface area contributed by atoms with Crippen molar-refractivity contribution in [1.82, 2.24) is 4.90 Å². The Bertz CT molecular complexity index is 1230. The molecule has 1 heterocycles. The molecular weight excluding hydrogens is 461 g/mol. The number of hydrogen-bond donors (Lipinski definition) is 1. The van der Waals surface area contributed by atoms with E-state index in [9.17, 15) is 28.0 Å². The molecule has 182 valence electrons. The maximum absolute atomic E-state index is 13.8. The molecule has 1 unspecified atom stereocenters. The van der Waals surface area contributed by atoms with E-state index in [2.05, 4.69) is 0 Å². The summed E-state index contributed by atoms with van der Waals surface area (Å²) < 4.78 is 45.8. The fourth-order valence-electron chi connectivity index (χ4n) is 4.86. The molecule has 35 heavy (non-hydrogen) atoms. The fraction of sp³-hybridized carbons (Fsp3) is 0.360. The molecule has 4 rings (SSSR count). The first-order valence-corrected chi connectivity index (χ1v) is 11.1. The third kappa shape index (κ3) is 4.46. The number of hydrogen-bond acceptors (Lipinski definition) is 5. The van der Waals surface area contributed by atoms with Gasteiger partial charge >= 0.3 is 6.18 Å². The van der Waals surface area contributed by atoms with Crippen molar-refractivity contribution in [3.63, 3.8) is 0 Å². The number of rotatable bonds is 5. The molecule has 2 amide bonds. The molecule has 0 saturated heterocycles. The number of halogens is 3. The molecule has 1 saturated carbocycles. The van der Waals surface area contributed by atoms with E-state index in [-0.39, 0.29) is 16.8 Å². The molecule has 2 aromatic carbocycles. The first-order chi connectivity index (χ1) is 16.6. The predicted octanol–water partition coefficient (Wildman–Crippen LogP) is 4.10. The van der Waals surface area contributed by atoms with Gasteiger partial charge < -0.3 is 10.5 Å². The summed E-state index contributed by atoms with van der Waals surface area (Å²) in [5.41, 5.74) is 3.63. The van der Waals surface area contributed by atoms with Gasteiger partial charge in [-0.25, -0.2) is 0 Å². The van der Waals surface area contributed by atoms with Gasteiger partial charge in [0.25, 0.3) is 5.91 Å². The van der Waals surface area contributed by atoms with Gasteiger partial charge in [-0.15, -0.1) is 0 Å². The molecule has 0 aromatic heterocycles. The van der Waals surface area contributed by atoms with Crippen LogP contribution < -0.4 is 10.5 Å². The van der Waals surface area contributed by atoms with Crippen molar-refractivity contribution in [3.8, 4) is 11.8 Å². The zero-order valence-corrected chi connectivity index (χ0v) is 18.9. The van der Waals surface area contributed by atoms with Crippen LogP contribution in [-0.2, 0) is 15.8 Å². The lowest BCUT2D eigenvalue weighted by Gasteiger charge is -2.42. The Morgan fingerprint density at radius 2 is 1.83 bits per heavy atom. The molecule has 2 aliphatic rings. The Morgan fingerprint density at radius 1 is 1.17 bits per heavy atom. The number of alkyl halides is 3. The second-order valence-electron chi connectivity index (χ2n) is 8.67. The highest BCUT2D eigenvalue weighted by molar-refractivity contribution is 6.47. The normalized spacial score (nSPS) is 18.2. The van der Waals surface area contributed by atoms with Gasteiger partial charge in [0, 0.05) is 5.56 Å². The van der Waals surface area contributed by atoms with Crippen LogP contribution in [0.15, 0.2) is 47.5 Å². The topological polar surface area (TPSA) is 109 Å². The Balaban J connectivity index is 1.86. The highest BCUT2D eigenvalue weighted by Gasteiger charge is 2.52. The molecule has 7 nitrogen and oxygen atoms in total. The smallest absolute Gasteiger partial charge is 0.416 e. The molecule has 2 N–H and O–H groups in total. The molecule has 2 aromatic rings. The number of aliphatic imine (C=N–C) groups is 1. The third-order valence-corrected chi connectivity index (χ3v) is 6.46. The van der Waals surface area contributed by atoms with Crippen LogP contribution in [-0.4, -0.2) is 35.2 Å². The van der Waals surface area contributed by atoms with Gasteiger partial charge in [-0.2, -0.15) is 18.4 Å². The summed E-state index contributed by atoms with van der Waals surface area (Å²) in [7, 11) is 1.51. The first-order valence-electron chi connectivity index (χ1n) is 11.1. The Hall–Kier alpha value is -3.87. The Kier molecular flexibility index (Phi) is 6.28. The SMILES string of the molecule is COc1ccc(C2=NC3(CCCCC3)N(C(C(N)=O)c3cc(C#N)cc(C(F)(F)F)c3)C2=O)cc1. The van der Waals surface area contributed by atoms with E-state index in [1.165, 1.54) is 18.1 Å². The summed E-state index contributed by atoms with van der Waals surface area (Å²) in [5.74, 6) is -1.03. The van der Waals surface area contributed by atoms with E-state index in [0.29, 0.717) is 30.2 Å². The second kappa shape index (κ2) is 9.06. The monoisotopic (exact) mass is 484 g/mol. The van der Waals surface area contributed by atoms with Crippen LogP contribution in [0.5, 0.6) is 5.75 Å². The van der Waals surface area contributed by atoms with Crippen molar-refractivity contribution in [2.24, 2.45) is 10.7 Å². The largest absolute Gasteiger partial charge is 0.497 e. The Morgan fingerprint density at radius 3 is 2.37 bits per heavy atom. The van der Waals surface area contributed by atoms with Crippen LogP contribution in [0, 0.1) is 11.3 Å². The number of carbonyl (C=O) groups excluding carboxylic acids is 2. The number of benzene rings is 2. The third-order valence-electron chi connectivity index (χ3n) is 6.46. The van der Waals surface area contributed by atoms with E-state index >= 15 is 0 Å². The number of carbonyl (C=O) groups is 2. The molecule has 0 bridgehead atoms. The minimum Gasteiger partial charge on any atom is -0.497 e. The first kappa shape index (κ1) is 24.3. The average molecular weight is 484 g/mol. The zero-order valence-electron chi connectivity index (χ0n) is 18.9. The van der Waals surface area contributed by atoms with Crippen molar-refractivity contribution in [1.29, 1.82) is 5.26 Å². The van der Waals surface area contributed by atoms with Crippen LogP contribution in [0.3, 0.4) is 0 Å². The summed E-state index contributed by atoms with van der Waals surface area (Å²) in [6, 6.07) is 9.45. The molecule has 10 heteroatoms. The average Bonchev–Trinajstić information content (AvgIpc) is 3.10. The van der Waals surface area contributed by atoms with E-state index in [4.69, 9.17) is 15.5 Å². The summed E-state index contributed by atoms with van der Waals surface area (Å²) in [6.45, 7) is 0. The molecule has 1 fully saturated rings. The highest BCUT2D eigenvalue weighted by Crippen LogP contribution is 2.45. The highest BCUT2D eigenvalue weighted by atomic mass is 19.4. The fourth-order valence-corrected chi connectivity index (χ4v) is 4.86. The van der Waals surface area contributed by atoms with Crippen LogP contribution in [0.25, 0.3) is 0 Å². The van der Waals surface area contributed by atoms with Crippen LogP contribution in [0.2, 0.25) is 0 Å². The van der Waals surface area contributed by atoms with Crippen molar-refractivity contribution in [3.05, 3.63) is 64.7 Å². The Labute approximate surface area is 200 Å². The summed E-state index contributed by atoms with van der Waals surface area (Å²) in [6.07, 6.45) is -1.54. The quantitative estimate of drug-likeness (QED) is 0.689. The second-order valence-corrected chi connectivity index (χ2v) is 8.67. The number of nitriles is 1. The summed E-state index contributed by atoms with van der Waals surface area (Å²) in [4.78, 5) is 32.5. The lowest BCUT2D eigenvalue weighted by molar-refractivity contribution is -0.141. The lowest BCUT2D eigenvalue weighted by Crippen LogP contribution is -2.53. The molecular formula is C25H23F3N4O3. The summed E-state index contributed by atoms with van der Waals surface area (Å²) in [5, 5.41) is 9.32. The van der Waals surface area contributed by atoms with Gasteiger partial charge in [0.15, 0.2) is 0 Å². The van der Waals surface area contributed by atoms with Gasteiger partial charge in [-0.05, 0) is 73.7 Å². The number of nitrogens with zero attached hydrogens (tertiary/aromatic N) is 3. The van der Waals surface area contributed by atoms with Gasteiger partial charge in [-0.1, -0.05) is 6.42 Å². The number of amides is 2. The van der Waals surface area contributed by atoms with Crippen molar-refractivity contribution >= 4 is 17.5 Å². The van der Waals surface area contributed by atoms with Gasteiger partial charge in [0.1, 0.15) is 23.2 Å².